The first-order chi connectivity index (χ1) is 12.8. The molecule has 0 amide bonds. The molecule has 26 heavy (non-hydrogen) atoms. The number of rotatable bonds is 18. The first-order valence-corrected chi connectivity index (χ1v) is 12.3. The van der Waals surface area contributed by atoms with Crippen LogP contribution in [0.5, 0.6) is 0 Å². The van der Waals surface area contributed by atoms with Crippen molar-refractivity contribution in [2.24, 2.45) is 0 Å². The fourth-order valence-electron chi connectivity index (χ4n) is 4.45. The van der Waals surface area contributed by atoms with Gasteiger partial charge in [0.1, 0.15) is 13.1 Å². The van der Waals surface area contributed by atoms with Gasteiger partial charge in [0.15, 0.2) is 0 Å². The number of unbranched alkanes of at least 4 members (excludes halogenated alkanes) is 14. The first kappa shape index (κ1) is 24.0. The smallest absolute Gasteiger partial charge is 0.102 e. The summed E-state index contributed by atoms with van der Waals surface area (Å²) in [6, 6.07) is 0. The summed E-state index contributed by atoms with van der Waals surface area (Å²) in [4.78, 5) is 0. The van der Waals surface area contributed by atoms with Crippen molar-refractivity contribution in [3.63, 3.8) is 0 Å². The normalized spacial score (nSPS) is 16.8. The van der Waals surface area contributed by atoms with Crippen molar-refractivity contribution in [2.45, 2.75) is 117 Å². The number of nitrogens with zero attached hydrogens (tertiary/aromatic N) is 1. The molecule has 0 unspecified atom stereocenters. The molecule has 0 bridgehead atoms. The fraction of sp³-hybridized carbons (Fsp3) is 1.00. The maximum Gasteiger partial charge on any atom is 0.102 e. The van der Waals surface area contributed by atoms with Gasteiger partial charge >= 0.3 is 0 Å². The van der Waals surface area contributed by atoms with Crippen molar-refractivity contribution < 1.29 is 9.22 Å². The highest BCUT2D eigenvalue weighted by Gasteiger charge is 2.29. The average molecular weight is 369 g/mol. The van der Waals surface area contributed by atoms with Gasteiger partial charge in [0.25, 0.3) is 0 Å². The number of morpholine rings is 1. The van der Waals surface area contributed by atoms with Crippen LogP contribution in [0.25, 0.3) is 0 Å². The van der Waals surface area contributed by atoms with E-state index in [-0.39, 0.29) is 0 Å². The molecular weight excluding hydrogens is 318 g/mol. The standard InChI is InChI=1S/C24H50NO/c1-3-5-7-9-11-13-15-17-19-25(21-23-26-24-22-25)20-18-16-14-12-10-8-6-4-2/h3-24H2,1-2H3/q+1. The van der Waals surface area contributed by atoms with Gasteiger partial charge in [-0.2, -0.15) is 0 Å². The second-order valence-corrected chi connectivity index (χ2v) is 8.80. The Balaban J connectivity index is 2.09. The Morgan fingerprint density at radius 2 is 0.846 bits per heavy atom. The summed E-state index contributed by atoms with van der Waals surface area (Å²) in [5.41, 5.74) is 0. The van der Waals surface area contributed by atoms with Crippen molar-refractivity contribution >= 4 is 0 Å². The minimum Gasteiger partial charge on any atom is -0.370 e. The van der Waals surface area contributed by atoms with Gasteiger partial charge in [-0.25, -0.2) is 0 Å². The minimum atomic E-state index is 0.994. The summed E-state index contributed by atoms with van der Waals surface area (Å²) >= 11 is 0. The molecule has 1 rings (SSSR count). The van der Waals surface area contributed by atoms with Gasteiger partial charge in [0.05, 0.1) is 26.3 Å². The Morgan fingerprint density at radius 3 is 1.23 bits per heavy atom. The summed E-state index contributed by atoms with van der Waals surface area (Å²) in [6.07, 6.45) is 23.0. The van der Waals surface area contributed by atoms with E-state index in [1.807, 2.05) is 0 Å². The summed E-state index contributed by atoms with van der Waals surface area (Å²) in [6.45, 7) is 12.0. The van der Waals surface area contributed by atoms with Crippen molar-refractivity contribution in [1.82, 2.24) is 0 Å². The third-order valence-corrected chi connectivity index (χ3v) is 6.39. The fourth-order valence-corrected chi connectivity index (χ4v) is 4.45. The lowest BCUT2D eigenvalue weighted by Gasteiger charge is -2.41. The Hall–Kier alpha value is -0.0800. The third-order valence-electron chi connectivity index (χ3n) is 6.39. The second kappa shape index (κ2) is 17.0. The quantitative estimate of drug-likeness (QED) is 0.185. The van der Waals surface area contributed by atoms with Crippen molar-refractivity contribution in [2.75, 3.05) is 39.4 Å². The molecule has 1 saturated heterocycles. The molecule has 156 valence electrons. The van der Waals surface area contributed by atoms with Crippen molar-refractivity contribution in [3.8, 4) is 0 Å². The van der Waals surface area contributed by atoms with E-state index < -0.39 is 0 Å². The molecular formula is C24H50NO+. The van der Waals surface area contributed by atoms with Gasteiger partial charge < -0.3 is 9.22 Å². The molecule has 0 aliphatic carbocycles. The molecule has 0 atom stereocenters. The third kappa shape index (κ3) is 12.3. The molecule has 2 nitrogen and oxygen atoms in total. The molecule has 1 fully saturated rings. The summed E-state index contributed by atoms with van der Waals surface area (Å²) in [5.74, 6) is 0. The SMILES string of the molecule is CCCCCCCCCC[N+]1(CCCCCCCCCC)CCOCC1. The van der Waals surface area contributed by atoms with Gasteiger partial charge in [0, 0.05) is 0 Å². The van der Waals surface area contributed by atoms with Crippen LogP contribution < -0.4 is 0 Å². The molecule has 0 radical (unpaired) electrons. The van der Waals surface area contributed by atoms with Crippen LogP contribution >= 0.6 is 0 Å². The predicted molar refractivity (Wildman–Crippen MR) is 116 cm³/mol. The lowest BCUT2D eigenvalue weighted by Crippen LogP contribution is -2.56. The van der Waals surface area contributed by atoms with E-state index in [0.29, 0.717) is 0 Å². The van der Waals surface area contributed by atoms with Gasteiger partial charge in [-0.05, 0) is 25.7 Å². The van der Waals surface area contributed by atoms with E-state index in [1.165, 1.54) is 133 Å². The largest absolute Gasteiger partial charge is 0.370 e. The molecule has 2 heteroatoms. The molecule has 0 spiro atoms. The zero-order chi connectivity index (χ0) is 18.8. The van der Waals surface area contributed by atoms with E-state index in [2.05, 4.69) is 13.8 Å². The number of ether oxygens (including phenoxy) is 1. The highest BCUT2D eigenvalue weighted by molar-refractivity contribution is 4.55. The van der Waals surface area contributed by atoms with E-state index in [4.69, 9.17) is 4.74 Å². The van der Waals surface area contributed by atoms with Crippen LogP contribution in [0.3, 0.4) is 0 Å². The van der Waals surface area contributed by atoms with Crippen LogP contribution in [0.4, 0.5) is 0 Å². The molecule has 1 aliphatic rings. The van der Waals surface area contributed by atoms with E-state index in [9.17, 15) is 0 Å². The predicted octanol–water partition coefficient (Wildman–Crippen LogP) is 7.11. The van der Waals surface area contributed by atoms with E-state index >= 15 is 0 Å². The molecule has 1 heterocycles. The molecule has 0 aromatic rings. The monoisotopic (exact) mass is 368 g/mol. The zero-order valence-corrected chi connectivity index (χ0v) is 18.4. The minimum absolute atomic E-state index is 0.994. The number of hydrogen-bond acceptors (Lipinski definition) is 1. The van der Waals surface area contributed by atoms with Crippen LogP contribution in [-0.2, 0) is 4.74 Å². The van der Waals surface area contributed by atoms with Gasteiger partial charge in [0.2, 0.25) is 0 Å². The summed E-state index contributed by atoms with van der Waals surface area (Å²) in [5, 5.41) is 0. The Bertz CT molecular complexity index is 264. The van der Waals surface area contributed by atoms with Crippen LogP contribution in [0.15, 0.2) is 0 Å². The summed E-state index contributed by atoms with van der Waals surface area (Å²) in [7, 11) is 0. The van der Waals surface area contributed by atoms with Crippen LogP contribution in [0, 0.1) is 0 Å². The van der Waals surface area contributed by atoms with Gasteiger partial charge in [-0.3, -0.25) is 0 Å². The highest BCUT2D eigenvalue weighted by atomic mass is 16.5. The van der Waals surface area contributed by atoms with Crippen molar-refractivity contribution in [3.05, 3.63) is 0 Å². The molecule has 0 N–H and O–H groups in total. The van der Waals surface area contributed by atoms with Gasteiger partial charge in [-0.15, -0.1) is 0 Å². The Morgan fingerprint density at radius 1 is 0.500 bits per heavy atom. The number of quaternary nitrogens is 1. The van der Waals surface area contributed by atoms with Crippen LogP contribution in [0.2, 0.25) is 0 Å². The van der Waals surface area contributed by atoms with Crippen LogP contribution in [0.1, 0.15) is 117 Å². The second-order valence-electron chi connectivity index (χ2n) is 8.80. The molecule has 0 saturated carbocycles. The maximum absolute atomic E-state index is 5.67. The summed E-state index contributed by atoms with van der Waals surface area (Å²) < 4.78 is 7.04. The molecule has 0 aromatic heterocycles. The van der Waals surface area contributed by atoms with E-state index in [0.717, 1.165) is 13.2 Å². The Kier molecular flexibility index (Phi) is 15.7. The number of hydrogen-bond donors (Lipinski definition) is 0. The lowest BCUT2D eigenvalue weighted by molar-refractivity contribution is -0.935. The molecule has 1 aliphatic heterocycles. The average Bonchev–Trinajstić information content (AvgIpc) is 2.67. The van der Waals surface area contributed by atoms with Crippen molar-refractivity contribution in [1.29, 1.82) is 0 Å². The Labute approximate surface area is 165 Å². The lowest BCUT2D eigenvalue weighted by atomic mass is 10.1. The van der Waals surface area contributed by atoms with E-state index in [1.54, 1.807) is 0 Å². The zero-order valence-electron chi connectivity index (χ0n) is 18.4. The first-order valence-electron chi connectivity index (χ1n) is 12.3. The maximum atomic E-state index is 5.67. The van der Waals surface area contributed by atoms with Gasteiger partial charge in [-0.1, -0.05) is 90.9 Å². The topological polar surface area (TPSA) is 9.23 Å². The van der Waals surface area contributed by atoms with Crippen LogP contribution in [-0.4, -0.2) is 43.9 Å². The highest BCUT2D eigenvalue weighted by Crippen LogP contribution is 2.18. The molecule has 0 aromatic carbocycles.